The molecule has 2 N–H and O–H groups in total. The van der Waals surface area contributed by atoms with Crippen LogP contribution in [0.25, 0.3) is 0 Å². The lowest BCUT2D eigenvalue weighted by molar-refractivity contribution is -0.115. The van der Waals surface area contributed by atoms with Gasteiger partial charge in [0.2, 0.25) is 5.91 Å². The van der Waals surface area contributed by atoms with Crippen LogP contribution in [0.5, 0.6) is 0 Å². The number of aryl methyl sites for hydroxylation is 1. The summed E-state index contributed by atoms with van der Waals surface area (Å²) in [5.74, 6) is -0.0151. The summed E-state index contributed by atoms with van der Waals surface area (Å²) in [6, 6.07) is 5.79. The average Bonchev–Trinajstić information content (AvgIpc) is 2.49. The minimum absolute atomic E-state index is 0.0151. The number of carbonyl (C=O) groups is 1. The molecular weight excluding hydrogens is 334 g/mol. The largest absolute Gasteiger partial charge is 0.379 e. The van der Waals surface area contributed by atoms with Crippen LogP contribution in [0.15, 0.2) is 22.7 Å². The van der Waals surface area contributed by atoms with Crippen LogP contribution in [0.3, 0.4) is 0 Å². The number of benzene rings is 1. The van der Waals surface area contributed by atoms with E-state index in [0.29, 0.717) is 6.54 Å². The minimum atomic E-state index is -0.0151. The summed E-state index contributed by atoms with van der Waals surface area (Å²) in [4.78, 5) is 14.2. The number of nitrogens with zero attached hydrogens (tertiary/aromatic N) is 1. The number of nitrogens with one attached hydrogen (secondary N) is 2. The molecule has 0 aliphatic carbocycles. The van der Waals surface area contributed by atoms with Gasteiger partial charge >= 0.3 is 0 Å². The Balaban J connectivity index is 1.63. The van der Waals surface area contributed by atoms with Gasteiger partial charge in [-0.05, 0) is 30.7 Å². The fraction of sp³-hybridized carbons (Fsp3) is 0.533. The number of rotatable bonds is 6. The molecule has 116 valence electrons. The molecule has 0 unspecified atom stereocenters. The first kappa shape index (κ1) is 16.4. The Hall–Kier alpha value is -0.950. The first-order valence-corrected chi connectivity index (χ1v) is 8.01. The van der Waals surface area contributed by atoms with E-state index < -0.39 is 0 Å². The maximum atomic E-state index is 11.8. The molecule has 1 fully saturated rings. The van der Waals surface area contributed by atoms with Gasteiger partial charge in [-0.15, -0.1) is 0 Å². The summed E-state index contributed by atoms with van der Waals surface area (Å²) in [5, 5.41) is 6.07. The fourth-order valence-corrected chi connectivity index (χ4v) is 2.44. The molecule has 1 amide bonds. The van der Waals surface area contributed by atoms with Crippen molar-refractivity contribution in [1.29, 1.82) is 0 Å². The van der Waals surface area contributed by atoms with Crippen molar-refractivity contribution in [3.05, 3.63) is 28.2 Å². The molecule has 0 radical (unpaired) electrons. The average molecular weight is 356 g/mol. The van der Waals surface area contributed by atoms with Crippen LogP contribution in [0.4, 0.5) is 5.69 Å². The molecule has 1 aromatic carbocycles. The topological polar surface area (TPSA) is 53.6 Å². The highest BCUT2D eigenvalue weighted by atomic mass is 79.9. The zero-order chi connectivity index (χ0) is 15.1. The Morgan fingerprint density at radius 2 is 2.14 bits per heavy atom. The highest BCUT2D eigenvalue weighted by molar-refractivity contribution is 9.10. The summed E-state index contributed by atoms with van der Waals surface area (Å²) >= 11 is 3.45. The van der Waals surface area contributed by atoms with Crippen molar-refractivity contribution in [2.75, 3.05) is 51.3 Å². The SMILES string of the molecule is Cc1cc(NC(=O)CNCCN2CCOCC2)ccc1Br. The second-order valence-corrected chi connectivity index (χ2v) is 6.00. The van der Waals surface area contributed by atoms with E-state index in [4.69, 9.17) is 4.74 Å². The van der Waals surface area contributed by atoms with E-state index in [1.807, 2.05) is 25.1 Å². The number of amides is 1. The summed E-state index contributed by atoms with van der Waals surface area (Å²) in [5.41, 5.74) is 1.93. The van der Waals surface area contributed by atoms with Gasteiger partial charge in [0.15, 0.2) is 0 Å². The monoisotopic (exact) mass is 355 g/mol. The van der Waals surface area contributed by atoms with Crippen molar-refractivity contribution in [3.63, 3.8) is 0 Å². The number of morpholine rings is 1. The van der Waals surface area contributed by atoms with Crippen LogP contribution in [-0.2, 0) is 9.53 Å². The Morgan fingerprint density at radius 3 is 2.86 bits per heavy atom. The molecular formula is C15H22BrN3O2. The summed E-state index contributed by atoms with van der Waals surface area (Å²) in [6.45, 7) is 7.67. The van der Waals surface area contributed by atoms with Crippen LogP contribution >= 0.6 is 15.9 Å². The van der Waals surface area contributed by atoms with Crippen LogP contribution < -0.4 is 10.6 Å². The van der Waals surface area contributed by atoms with E-state index in [1.54, 1.807) is 0 Å². The van der Waals surface area contributed by atoms with Crippen LogP contribution in [0.2, 0.25) is 0 Å². The summed E-state index contributed by atoms with van der Waals surface area (Å²) in [6.07, 6.45) is 0. The molecule has 21 heavy (non-hydrogen) atoms. The van der Waals surface area contributed by atoms with Crippen LogP contribution in [0, 0.1) is 6.92 Å². The second-order valence-electron chi connectivity index (χ2n) is 5.14. The Kier molecular flexibility index (Phi) is 6.63. The number of carbonyl (C=O) groups excluding carboxylic acids is 1. The molecule has 0 spiro atoms. The van der Waals surface area contributed by atoms with E-state index >= 15 is 0 Å². The molecule has 5 nitrogen and oxygen atoms in total. The fourth-order valence-electron chi connectivity index (χ4n) is 2.19. The standard InChI is InChI=1S/C15H22BrN3O2/c1-12-10-13(2-3-14(12)16)18-15(20)11-17-4-5-19-6-8-21-9-7-19/h2-3,10,17H,4-9,11H2,1H3,(H,18,20). The van der Waals surface area contributed by atoms with Crippen LogP contribution in [0.1, 0.15) is 5.56 Å². The molecule has 0 bridgehead atoms. The smallest absolute Gasteiger partial charge is 0.238 e. The lowest BCUT2D eigenvalue weighted by Crippen LogP contribution is -2.41. The number of hydrogen-bond donors (Lipinski definition) is 2. The quantitative estimate of drug-likeness (QED) is 0.761. The van der Waals surface area contributed by atoms with Gasteiger partial charge in [-0.25, -0.2) is 0 Å². The van der Waals surface area contributed by atoms with Crippen LogP contribution in [-0.4, -0.2) is 56.7 Å². The third-order valence-electron chi connectivity index (χ3n) is 3.44. The summed E-state index contributed by atoms with van der Waals surface area (Å²) in [7, 11) is 0. The predicted octanol–water partition coefficient (Wildman–Crippen LogP) is 1.62. The first-order valence-electron chi connectivity index (χ1n) is 7.22. The Labute approximate surface area is 134 Å². The lowest BCUT2D eigenvalue weighted by Gasteiger charge is -2.26. The van der Waals surface area contributed by atoms with Gasteiger partial charge < -0.3 is 15.4 Å². The van der Waals surface area contributed by atoms with Gasteiger partial charge in [0.25, 0.3) is 0 Å². The Bertz CT molecular complexity index is 476. The molecule has 1 saturated heterocycles. The predicted molar refractivity (Wildman–Crippen MR) is 87.6 cm³/mol. The van der Waals surface area contributed by atoms with Crippen molar-refractivity contribution in [1.82, 2.24) is 10.2 Å². The lowest BCUT2D eigenvalue weighted by atomic mass is 10.2. The van der Waals surface area contributed by atoms with E-state index in [1.165, 1.54) is 0 Å². The van der Waals surface area contributed by atoms with E-state index in [0.717, 1.165) is 55.1 Å². The zero-order valence-electron chi connectivity index (χ0n) is 12.3. The van der Waals surface area contributed by atoms with Gasteiger partial charge in [-0.1, -0.05) is 15.9 Å². The summed E-state index contributed by atoms with van der Waals surface area (Å²) < 4.78 is 6.34. The molecule has 1 heterocycles. The first-order chi connectivity index (χ1) is 10.1. The maximum Gasteiger partial charge on any atom is 0.238 e. The molecule has 0 saturated carbocycles. The highest BCUT2D eigenvalue weighted by Gasteiger charge is 2.09. The normalized spacial score (nSPS) is 15.9. The van der Waals surface area contributed by atoms with E-state index in [2.05, 4.69) is 31.5 Å². The Morgan fingerprint density at radius 1 is 1.38 bits per heavy atom. The minimum Gasteiger partial charge on any atom is -0.379 e. The third kappa shape index (κ3) is 5.74. The van der Waals surface area contributed by atoms with Crippen molar-refractivity contribution < 1.29 is 9.53 Å². The molecule has 0 aromatic heterocycles. The van der Waals surface area contributed by atoms with Crippen molar-refractivity contribution in [2.24, 2.45) is 0 Å². The number of hydrogen-bond acceptors (Lipinski definition) is 4. The van der Waals surface area contributed by atoms with E-state index in [9.17, 15) is 4.79 Å². The molecule has 6 heteroatoms. The molecule has 0 atom stereocenters. The van der Waals surface area contributed by atoms with Crippen molar-refractivity contribution in [2.45, 2.75) is 6.92 Å². The number of anilines is 1. The molecule has 1 aliphatic heterocycles. The van der Waals surface area contributed by atoms with Gasteiger partial charge in [-0.2, -0.15) is 0 Å². The van der Waals surface area contributed by atoms with Crippen molar-refractivity contribution >= 4 is 27.5 Å². The zero-order valence-corrected chi connectivity index (χ0v) is 13.9. The highest BCUT2D eigenvalue weighted by Crippen LogP contribution is 2.19. The molecule has 1 aliphatic rings. The van der Waals surface area contributed by atoms with Gasteiger partial charge in [0.1, 0.15) is 0 Å². The van der Waals surface area contributed by atoms with E-state index in [-0.39, 0.29) is 5.91 Å². The van der Waals surface area contributed by atoms with Gasteiger partial charge in [-0.3, -0.25) is 9.69 Å². The molecule has 1 aromatic rings. The third-order valence-corrected chi connectivity index (χ3v) is 4.33. The number of halogens is 1. The number of ether oxygens (including phenoxy) is 1. The van der Waals surface area contributed by atoms with Gasteiger partial charge in [0.05, 0.1) is 19.8 Å². The van der Waals surface area contributed by atoms with Crippen molar-refractivity contribution in [3.8, 4) is 0 Å². The van der Waals surface area contributed by atoms with Gasteiger partial charge in [0, 0.05) is 36.3 Å². The maximum absolute atomic E-state index is 11.8. The molecule has 2 rings (SSSR count). The second kappa shape index (κ2) is 8.48.